The highest BCUT2D eigenvalue weighted by molar-refractivity contribution is 4.60. The van der Waals surface area contributed by atoms with E-state index in [1.807, 2.05) is 27.7 Å². The van der Waals surface area contributed by atoms with Gasteiger partial charge in [-0.05, 0) is 40.5 Å². The Balaban J connectivity index is 0. The second-order valence-corrected chi connectivity index (χ2v) is 5.39. The van der Waals surface area contributed by atoms with Crippen molar-refractivity contribution in [3.63, 3.8) is 0 Å². The van der Waals surface area contributed by atoms with Crippen molar-refractivity contribution < 1.29 is 0 Å². The molecule has 0 aromatic rings. The van der Waals surface area contributed by atoms with Gasteiger partial charge in [-0.15, -0.1) is 9.81 Å². The topological polar surface area (TPSA) is 65.3 Å². The first-order valence-corrected chi connectivity index (χ1v) is 7.64. The average molecular weight is 288 g/mol. The van der Waals surface area contributed by atoms with E-state index in [-0.39, 0.29) is 12.1 Å². The summed E-state index contributed by atoms with van der Waals surface area (Å²) in [5, 5.41) is 8.96. The van der Waals surface area contributed by atoms with Gasteiger partial charge >= 0.3 is 0 Å². The molecule has 0 saturated heterocycles. The van der Waals surface area contributed by atoms with Gasteiger partial charge in [0.15, 0.2) is 0 Å². The predicted molar refractivity (Wildman–Crippen MR) is 85.1 cm³/mol. The van der Waals surface area contributed by atoms with Crippen LogP contribution in [0.1, 0.15) is 67.2 Å². The van der Waals surface area contributed by atoms with Crippen molar-refractivity contribution in [2.75, 3.05) is 13.1 Å². The fourth-order valence-electron chi connectivity index (χ4n) is 1.66. The fraction of sp³-hybridized carbons (Fsp3) is 1.00. The SMILES string of the molecule is CC(C)N(N=O)C(C)C.CCCCN(CCCC)N=O. The van der Waals surface area contributed by atoms with Gasteiger partial charge in [0.25, 0.3) is 0 Å². The summed E-state index contributed by atoms with van der Waals surface area (Å²) < 4.78 is 0. The molecule has 0 aliphatic heterocycles. The fourth-order valence-corrected chi connectivity index (χ4v) is 1.66. The lowest BCUT2D eigenvalue weighted by Crippen LogP contribution is -2.31. The number of hydrogen-bond acceptors (Lipinski definition) is 4. The molecule has 0 rings (SSSR count). The van der Waals surface area contributed by atoms with Gasteiger partial charge in [0.2, 0.25) is 0 Å². The van der Waals surface area contributed by atoms with E-state index in [9.17, 15) is 9.81 Å². The molecule has 0 saturated carbocycles. The minimum Gasteiger partial charge on any atom is -0.261 e. The number of unbranched alkanes of at least 4 members (excludes halogenated alkanes) is 2. The number of hydrogen-bond donors (Lipinski definition) is 0. The molecular formula is C14H32N4O2. The first-order chi connectivity index (χ1) is 9.44. The van der Waals surface area contributed by atoms with E-state index in [2.05, 4.69) is 24.4 Å². The van der Waals surface area contributed by atoms with Gasteiger partial charge in [-0.1, -0.05) is 26.7 Å². The molecule has 0 fully saturated rings. The highest BCUT2D eigenvalue weighted by Gasteiger charge is 2.10. The van der Waals surface area contributed by atoms with Crippen LogP contribution in [0.5, 0.6) is 0 Å². The van der Waals surface area contributed by atoms with Gasteiger partial charge in [-0.25, -0.2) is 0 Å². The molecule has 0 heterocycles. The van der Waals surface area contributed by atoms with E-state index >= 15 is 0 Å². The van der Waals surface area contributed by atoms with Crippen molar-refractivity contribution in [1.29, 1.82) is 0 Å². The third-order valence-electron chi connectivity index (χ3n) is 2.81. The maximum absolute atomic E-state index is 10.2. The lowest BCUT2D eigenvalue weighted by atomic mass is 10.3. The molecule has 0 radical (unpaired) electrons. The molecule has 120 valence electrons. The van der Waals surface area contributed by atoms with Crippen molar-refractivity contribution in [2.45, 2.75) is 79.3 Å². The molecule has 0 bridgehead atoms. The molecule has 0 unspecified atom stereocenters. The van der Waals surface area contributed by atoms with E-state index in [0.29, 0.717) is 0 Å². The van der Waals surface area contributed by atoms with Crippen LogP contribution in [0.25, 0.3) is 0 Å². The number of nitroso groups, excluding NO2 is 2. The van der Waals surface area contributed by atoms with Crippen LogP contribution in [-0.4, -0.2) is 35.2 Å². The summed E-state index contributed by atoms with van der Waals surface area (Å²) in [6.07, 6.45) is 4.38. The standard InChI is InChI=1S/C8H18N2O.C6H14N2O/c1-3-5-7-10(9-11)8-6-4-2;1-5(2)8(7-9)6(3)4/h3-8H2,1-2H3;5-6H,1-4H3. The third-order valence-corrected chi connectivity index (χ3v) is 2.81. The monoisotopic (exact) mass is 288 g/mol. The van der Waals surface area contributed by atoms with Crippen LogP contribution in [-0.2, 0) is 0 Å². The average Bonchev–Trinajstić information content (AvgIpc) is 2.39. The molecule has 0 spiro atoms. The summed E-state index contributed by atoms with van der Waals surface area (Å²) in [4.78, 5) is 20.3. The second kappa shape index (κ2) is 14.2. The van der Waals surface area contributed by atoms with Crippen LogP contribution in [0, 0.1) is 9.81 Å². The second-order valence-electron chi connectivity index (χ2n) is 5.39. The molecule has 20 heavy (non-hydrogen) atoms. The van der Waals surface area contributed by atoms with Gasteiger partial charge in [0.05, 0.1) is 10.6 Å². The van der Waals surface area contributed by atoms with Crippen molar-refractivity contribution in [1.82, 2.24) is 10.0 Å². The van der Waals surface area contributed by atoms with Crippen molar-refractivity contribution in [3.8, 4) is 0 Å². The molecule has 0 aliphatic carbocycles. The molecule has 0 amide bonds. The molecule has 0 aromatic carbocycles. The summed E-state index contributed by atoms with van der Waals surface area (Å²) in [6.45, 7) is 13.7. The zero-order valence-electron chi connectivity index (χ0n) is 14.0. The Morgan fingerprint density at radius 2 is 1.20 bits per heavy atom. The van der Waals surface area contributed by atoms with Gasteiger partial charge in [0, 0.05) is 25.2 Å². The molecule has 0 aliphatic rings. The minimum absolute atomic E-state index is 0.211. The molecule has 0 atom stereocenters. The van der Waals surface area contributed by atoms with Crippen LogP contribution in [0.2, 0.25) is 0 Å². The summed E-state index contributed by atoms with van der Waals surface area (Å²) in [7, 11) is 0. The van der Waals surface area contributed by atoms with E-state index in [4.69, 9.17) is 0 Å². The Bertz CT molecular complexity index is 219. The van der Waals surface area contributed by atoms with E-state index in [1.165, 1.54) is 5.01 Å². The Hall–Kier alpha value is -1.20. The normalized spacial score (nSPS) is 10.0. The Morgan fingerprint density at radius 1 is 0.800 bits per heavy atom. The largest absolute Gasteiger partial charge is 0.261 e. The first kappa shape index (κ1) is 21.1. The number of rotatable bonds is 10. The zero-order chi connectivity index (χ0) is 16.0. The molecule has 0 N–H and O–H groups in total. The third kappa shape index (κ3) is 11.9. The smallest absolute Gasteiger partial charge is 0.0529 e. The lowest BCUT2D eigenvalue weighted by molar-refractivity contribution is 0.180. The molecule has 0 aromatic heterocycles. The Kier molecular flexibility index (Phi) is 15.0. The van der Waals surface area contributed by atoms with Crippen LogP contribution in [0.3, 0.4) is 0 Å². The van der Waals surface area contributed by atoms with Gasteiger partial charge in [-0.3, -0.25) is 10.0 Å². The van der Waals surface area contributed by atoms with Crippen molar-refractivity contribution >= 4 is 0 Å². The van der Waals surface area contributed by atoms with Gasteiger partial charge in [-0.2, -0.15) is 0 Å². The summed E-state index contributed by atoms with van der Waals surface area (Å²) in [6, 6.07) is 0.421. The van der Waals surface area contributed by atoms with Crippen molar-refractivity contribution in [3.05, 3.63) is 9.81 Å². The molecule has 6 heteroatoms. The first-order valence-electron chi connectivity index (χ1n) is 7.64. The van der Waals surface area contributed by atoms with Crippen LogP contribution >= 0.6 is 0 Å². The van der Waals surface area contributed by atoms with E-state index < -0.39 is 0 Å². The van der Waals surface area contributed by atoms with Gasteiger partial charge < -0.3 is 0 Å². The summed E-state index contributed by atoms with van der Waals surface area (Å²) in [5.41, 5.74) is 0. The predicted octanol–water partition coefficient (Wildman–Crippen LogP) is 4.36. The molecular weight excluding hydrogens is 256 g/mol. The number of nitrogens with zero attached hydrogens (tertiary/aromatic N) is 4. The highest BCUT2D eigenvalue weighted by Crippen LogP contribution is 2.03. The van der Waals surface area contributed by atoms with Crippen LogP contribution in [0.15, 0.2) is 10.6 Å². The minimum atomic E-state index is 0.211. The van der Waals surface area contributed by atoms with Crippen LogP contribution < -0.4 is 0 Å². The quantitative estimate of drug-likeness (QED) is 0.442. The lowest BCUT2D eigenvalue weighted by Gasteiger charge is -2.22. The Morgan fingerprint density at radius 3 is 1.35 bits per heavy atom. The summed E-state index contributed by atoms with van der Waals surface area (Å²) in [5.74, 6) is 0. The van der Waals surface area contributed by atoms with E-state index in [1.54, 1.807) is 5.01 Å². The van der Waals surface area contributed by atoms with Crippen molar-refractivity contribution in [2.24, 2.45) is 10.6 Å². The highest BCUT2D eigenvalue weighted by atomic mass is 16.3. The molecule has 6 nitrogen and oxygen atoms in total. The summed E-state index contributed by atoms with van der Waals surface area (Å²) >= 11 is 0. The maximum atomic E-state index is 10.2. The van der Waals surface area contributed by atoms with Gasteiger partial charge in [0.1, 0.15) is 0 Å². The Labute approximate surface area is 123 Å². The van der Waals surface area contributed by atoms with E-state index in [0.717, 1.165) is 38.8 Å². The maximum Gasteiger partial charge on any atom is 0.0529 e. The van der Waals surface area contributed by atoms with Crippen LogP contribution in [0.4, 0.5) is 0 Å². The zero-order valence-corrected chi connectivity index (χ0v) is 14.0.